The summed E-state index contributed by atoms with van der Waals surface area (Å²) in [5.74, 6) is 0. The standard InChI is InChI=1S/C14H25N5/c1-11-9-17(2)5-6-18(11)13(7-15)14-8-16-10-19(14)12-3-4-12/h8,10-13H,3-7,9,15H2,1-2H3. The number of nitrogens with zero attached hydrogens (tertiary/aromatic N) is 4. The van der Waals surface area contributed by atoms with Crippen molar-refractivity contribution in [2.45, 2.75) is 37.9 Å². The SMILES string of the molecule is CC1CN(C)CCN1C(CN)c1cncn1C1CC1. The Labute approximate surface area is 115 Å². The van der Waals surface area contributed by atoms with Crippen LogP contribution in [0.2, 0.25) is 0 Å². The number of hydrogen-bond donors (Lipinski definition) is 1. The summed E-state index contributed by atoms with van der Waals surface area (Å²) in [7, 11) is 2.19. The summed E-state index contributed by atoms with van der Waals surface area (Å²) in [6.07, 6.45) is 6.58. The molecule has 2 heterocycles. The molecule has 0 radical (unpaired) electrons. The second-order valence-electron chi connectivity index (χ2n) is 6.06. The Hall–Kier alpha value is -0.910. The molecule has 1 saturated carbocycles. The van der Waals surface area contributed by atoms with Crippen molar-refractivity contribution >= 4 is 0 Å². The summed E-state index contributed by atoms with van der Waals surface area (Å²) in [4.78, 5) is 9.30. The summed E-state index contributed by atoms with van der Waals surface area (Å²) in [6, 6.07) is 1.54. The number of hydrogen-bond acceptors (Lipinski definition) is 4. The Kier molecular flexibility index (Phi) is 3.60. The number of aromatic nitrogens is 2. The largest absolute Gasteiger partial charge is 0.330 e. The molecule has 0 aromatic carbocycles. The van der Waals surface area contributed by atoms with Crippen LogP contribution in [0.4, 0.5) is 0 Å². The van der Waals surface area contributed by atoms with E-state index in [2.05, 4.69) is 33.3 Å². The zero-order valence-electron chi connectivity index (χ0n) is 12.0. The Balaban J connectivity index is 1.81. The molecule has 2 atom stereocenters. The minimum atomic E-state index is 0.312. The average molecular weight is 263 g/mol. The smallest absolute Gasteiger partial charge is 0.0951 e. The predicted molar refractivity (Wildman–Crippen MR) is 76.0 cm³/mol. The zero-order chi connectivity index (χ0) is 13.4. The summed E-state index contributed by atoms with van der Waals surface area (Å²) in [5.41, 5.74) is 7.39. The first-order valence-electron chi connectivity index (χ1n) is 7.36. The van der Waals surface area contributed by atoms with Gasteiger partial charge in [-0.3, -0.25) is 4.90 Å². The maximum atomic E-state index is 6.08. The molecular formula is C14H25N5. The van der Waals surface area contributed by atoms with Crippen LogP contribution in [0.25, 0.3) is 0 Å². The predicted octanol–water partition coefficient (Wildman–Crippen LogP) is 0.854. The fourth-order valence-corrected chi connectivity index (χ4v) is 3.27. The minimum absolute atomic E-state index is 0.312. The van der Waals surface area contributed by atoms with E-state index in [4.69, 9.17) is 5.73 Å². The van der Waals surface area contributed by atoms with Gasteiger partial charge < -0.3 is 15.2 Å². The van der Waals surface area contributed by atoms with E-state index < -0.39 is 0 Å². The highest BCUT2D eigenvalue weighted by Crippen LogP contribution is 2.38. The Bertz CT molecular complexity index is 425. The topological polar surface area (TPSA) is 50.3 Å². The van der Waals surface area contributed by atoms with Crippen LogP contribution in [0, 0.1) is 0 Å². The normalized spacial score (nSPS) is 27.6. The number of piperazine rings is 1. The van der Waals surface area contributed by atoms with Gasteiger partial charge in [-0.1, -0.05) is 0 Å². The number of nitrogens with two attached hydrogens (primary N) is 1. The quantitative estimate of drug-likeness (QED) is 0.875. The Morgan fingerprint density at radius 2 is 2.21 bits per heavy atom. The zero-order valence-corrected chi connectivity index (χ0v) is 12.0. The molecule has 0 spiro atoms. The first-order chi connectivity index (χ1) is 9.20. The van der Waals surface area contributed by atoms with Gasteiger partial charge in [0, 0.05) is 44.5 Å². The number of likely N-dealkylation sites (N-methyl/N-ethyl adjacent to an activating group) is 1. The van der Waals surface area contributed by atoms with Gasteiger partial charge in [0.25, 0.3) is 0 Å². The fourth-order valence-electron chi connectivity index (χ4n) is 3.27. The molecule has 106 valence electrons. The first kappa shape index (κ1) is 13.1. The van der Waals surface area contributed by atoms with Crippen molar-refractivity contribution in [2.24, 2.45) is 5.73 Å². The maximum absolute atomic E-state index is 6.08. The van der Waals surface area contributed by atoms with Gasteiger partial charge in [-0.25, -0.2) is 4.98 Å². The van der Waals surface area contributed by atoms with Crippen LogP contribution in [0.3, 0.4) is 0 Å². The van der Waals surface area contributed by atoms with Gasteiger partial charge in [0.1, 0.15) is 0 Å². The Morgan fingerprint density at radius 3 is 2.84 bits per heavy atom. The molecule has 19 heavy (non-hydrogen) atoms. The van der Waals surface area contributed by atoms with Crippen molar-refractivity contribution in [3.63, 3.8) is 0 Å². The molecule has 1 saturated heterocycles. The van der Waals surface area contributed by atoms with E-state index in [1.807, 2.05) is 12.5 Å². The molecule has 1 aliphatic carbocycles. The third kappa shape index (κ3) is 2.55. The van der Waals surface area contributed by atoms with Crippen LogP contribution in [0.1, 0.15) is 37.5 Å². The molecular weight excluding hydrogens is 238 g/mol. The van der Waals surface area contributed by atoms with Crippen molar-refractivity contribution in [1.82, 2.24) is 19.4 Å². The van der Waals surface area contributed by atoms with Gasteiger partial charge in [0.2, 0.25) is 0 Å². The molecule has 2 fully saturated rings. The molecule has 0 bridgehead atoms. The van der Waals surface area contributed by atoms with E-state index in [-0.39, 0.29) is 0 Å². The highest BCUT2D eigenvalue weighted by Gasteiger charge is 2.33. The minimum Gasteiger partial charge on any atom is -0.330 e. The molecule has 1 aromatic rings. The van der Waals surface area contributed by atoms with E-state index in [0.29, 0.717) is 24.7 Å². The van der Waals surface area contributed by atoms with Crippen LogP contribution in [-0.4, -0.2) is 58.6 Å². The summed E-state index contributed by atoms with van der Waals surface area (Å²) in [6.45, 7) is 6.31. The van der Waals surface area contributed by atoms with E-state index in [0.717, 1.165) is 19.6 Å². The van der Waals surface area contributed by atoms with E-state index in [9.17, 15) is 0 Å². The number of rotatable bonds is 4. The van der Waals surface area contributed by atoms with Gasteiger partial charge in [-0.2, -0.15) is 0 Å². The van der Waals surface area contributed by atoms with Crippen LogP contribution >= 0.6 is 0 Å². The second-order valence-corrected chi connectivity index (χ2v) is 6.06. The van der Waals surface area contributed by atoms with Gasteiger partial charge >= 0.3 is 0 Å². The van der Waals surface area contributed by atoms with Gasteiger partial charge in [-0.15, -0.1) is 0 Å². The fraction of sp³-hybridized carbons (Fsp3) is 0.786. The summed E-state index contributed by atoms with van der Waals surface area (Å²) in [5, 5.41) is 0. The second kappa shape index (κ2) is 5.23. The lowest BCUT2D eigenvalue weighted by Gasteiger charge is -2.42. The van der Waals surface area contributed by atoms with E-state index >= 15 is 0 Å². The summed E-state index contributed by atoms with van der Waals surface area (Å²) >= 11 is 0. The summed E-state index contributed by atoms with van der Waals surface area (Å²) < 4.78 is 2.35. The van der Waals surface area contributed by atoms with Crippen molar-refractivity contribution < 1.29 is 0 Å². The lowest BCUT2D eigenvalue weighted by atomic mass is 10.1. The molecule has 5 heteroatoms. The monoisotopic (exact) mass is 263 g/mol. The molecule has 1 aromatic heterocycles. The third-order valence-corrected chi connectivity index (χ3v) is 4.48. The Morgan fingerprint density at radius 1 is 1.42 bits per heavy atom. The maximum Gasteiger partial charge on any atom is 0.0951 e. The van der Waals surface area contributed by atoms with Crippen molar-refractivity contribution in [2.75, 3.05) is 33.2 Å². The molecule has 1 aliphatic heterocycles. The van der Waals surface area contributed by atoms with Crippen molar-refractivity contribution in [1.29, 1.82) is 0 Å². The average Bonchev–Trinajstić information content (AvgIpc) is 3.12. The molecule has 3 rings (SSSR count). The molecule has 5 nitrogen and oxygen atoms in total. The van der Waals surface area contributed by atoms with Crippen molar-refractivity contribution in [3.05, 3.63) is 18.2 Å². The van der Waals surface area contributed by atoms with Gasteiger partial charge in [0.05, 0.1) is 18.1 Å². The number of imidazole rings is 1. The van der Waals surface area contributed by atoms with E-state index in [1.54, 1.807) is 0 Å². The third-order valence-electron chi connectivity index (χ3n) is 4.48. The lowest BCUT2D eigenvalue weighted by molar-refractivity contribution is 0.0606. The molecule has 2 aliphatic rings. The van der Waals surface area contributed by atoms with Crippen LogP contribution in [0.15, 0.2) is 12.5 Å². The van der Waals surface area contributed by atoms with Gasteiger partial charge in [0.15, 0.2) is 0 Å². The van der Waals surface area contributed by atoms with Crippen molar-refractivity contribution in [3.8, 4) is 0 Å². The molecule has 0 amide bonds. The molecule has 2 unspecified atom stereocenters. The van der Waals surface area contributed by atoms with Crippen LogP contribution < -0.4 is 5.73 Å². The highest BCUT2D eigenvalue weighted by atomic mass is 15.3. The highest BCUT2D eigenvalue weighted by molar-refractivity contribution is 5.11. The van der Waals surface area contributed by atoms with Crippen LogP contribution in [0.5, 0.6) is 0 Å². The first-order valence-corrected chi connectivity index (χ1v) is 7.36. The lowest BCUT2D eigenvalue weighted by Crippen LogP contribution is -2.53. The molecule has 2 N–H and O–H groups in total. The van der Waals surface area contributed by atoms with Gasteiger partial charge in [-0.05, 0) is 26.8 Å². The van der Waals surface area contributed by atoms with E-state index in [1.165, 1.54) is 18.5 Å². The van der Waals surface area contributed by atoms with Crippen LogP contribution in [-0.2, 0) is 0 Å².